The van der Waals surface area contributed by atoms with Gasteiger partial charge in [-0.05, 0) is 43.2 Å². The lowest BCUT2D eigenvalue weighted by atomic mass is 9.99. The molecule has 2 aromatic carbocycles. The Morgan fingerprint density at radius 2 is 1.86 bits per heavy atom. The molecule has 11 heteroatoms. The Labute approximate surface area is 198 Å². The van der Waals surface area contributed by atoms with E-state index in [1.165, 1.54) is 24.3 Å². The largest absolute Gasteiger partial charge is 0.352 e. The van der Waals surface area contributed by atoms with Crippen LogP contribution in [0.15, 0.2) is 68.7 Å². The van der Waals surface area contributed by atoms with Crippen molar-refractivity contribution in [3.05, 3.63) is 92.7 Å². The summed E-state index contributed by atoms with van der Waals surface area (Å²) in [5, 5.41) is 7.90. The van der Waals surface area contributed by atoms with E-state index in [1.807, 2.05) is 30.3 Å². The smallest absolute Gasteiger partial charge is 0.334 e. The van der Waals surface area contributed by atoms with Crippen LogP contribution in [0.2, 0.25) is 0 Å². The van der Waals surface area contributed by atoms with Crippen LogP contribution in [0.1, 0.15) is 35.5 Å². The molecule has 1 fully saturated rings. The Morgan fingerprint density at radius 3 is 2.57 bits per heavy atom. The van der Waals surface area contributed by atoms with Crippen LogP contribution in [0.25, 0.3) is 17.2 Å². The van der Waals surface area contributed by atoms with Gasteiger partial charge in [-0.2, -0.15) is 14.8 Å². The molecule has 1 saturated heterocycles. The summed E-state index contributed by atoms with van der Waals surface area (Å²) >= 11 is 0. The molecule has 0 bridgehead atoms. The minimum atomic E-state index is -0.721. The second-order valence-corrected chi connectivity index (χ2v) is 8.14. The topological polar surface area (TPSA) is 116 Å². The van der Waals surface area contributed by atoms with Crippen LogP contribution in [0.4, 0.5) is 4.39 Å². The first-order valence-electron chi connectivity index (χ1n) is 11.1. The van der Waals surface area contributed by atoms with Crippen LogP contribution in [-0.4, -0.2) is 48.4 Å². The standard InChI is InChI=1S/C24H21FN6O4/c1-2-30-22(32)19(27-31(24(30)34)18-10-8-17(25)9-11-18)20-26-21(35-28-20)23(33)29-13-12-16(14-29)15-6-4-3-5-7-15/h3-11,16H,2,12-14H2,1H3. The Balaban J connectivity index is 1.46. The van der Waals surface area contributed by atoms with Crippen molar-refractivity contribution in [3.63, 3.8) is 0 Å². The number of nitrogens with zero attached hydrogens (tertiary/aromatic N) is 6. The first-order valence-corrected chi connectivity index (χ1v) is 11.1. The van der Waals surface area contributed by atoms with Crippen LogP contribution < -0.4 is 11.2 Å². The van der Waals surface area contributed by atoms with Crippen LogP contribution in [0, 0.1) is 5.82 Å². The lowest BCUT2D eigenvalue weighted by molar-refractivity contribution is 0.0741. The van der Waals surface area contributed by atoms with E-state index in [9.17, 15) is 18.8 Å². The van der Waals surface area contributed by atoms with Gasteiger partial charge in [0.05, 0.1) is 5.69 Å². The number of carbonyl (C=O) groups is 1. The molecular weight excluding hydrogens is 455 g/mol. The summed E-state index contributed by atoms with van der Waals surface area (Å²) in [5.41, 5.74) is -0.273. The lowest BCUT2D eigenvalue weighted by Crippen LogP contribution is -2.41. The molecule has 0 saturated carbocycles. The average Bonchev–Trinajstić information content (AvgIpc) is 3.56. The average molecular weight is 476 g/mol. The van der Waals surface area contributed by atoms with Gasteiger partial charge in [0.2, 0.25) is 5.82 Å². The highest BCUT2D eigenvalue weighted by Gasteiger charge is 2.31. The third kappa shape index (κ3) is 4.16. The fourth-order valence-electron chi connectivity index (χ4n) is 4.17. The summed E-state index contributed by atoms with van der Waals surface area (Å²) in [4.78, 5) is 44.4. The van der Waals surface area contributed by atoms with E-state index >= 15 is 0 Å². The van der Waals surface area contributed by atoms with Crippen molar-refractivity contribution in [2.45, 2.75) is 25.8 Å². The summed E-state index contributed by atoms with van der Waals surface area (Å²) in [6.07, 6.45) is 0.808. The van der Waals surface area contributed by atoms with Crippen LogP contribution in [0.5, 0.6) is 0 Å². The predicted molar refractivity (Wildman–Crippen MR) is 123 cm³/mol. The number of benzene rings is 2. The van der Waals surface area contributed by atoms with E-state index in [-0.39, 0.29) is 35.6 Å². The summed E-state index contributed by atoms with van der Waals surface area (Å²) in [6.45, 7) is 2.74. The number of hydrogen-bond acceptors (Lipinski definition) is 7. The molecule has 1 amide bonds. The first kappa shape index (κ1) is 22.4. The second-order valence-electron chi connectivity index (χ2n) is 8.14. The number of halogens is 1. The normalized spacial score (nSPS) is 15.5. The van der Waals surface area contributed by atoms with Crippen molar-refractivity contribution >= 4 is 5.91 Å². The SMILES string of the molecule is CCn1c(=O)c(-c2noc(C(=O)N3CCC(c4ccccc4)C3)n2)nn(-c2ccc(F)cc2)c1=O. The third-order valence-corrected chi connectivity index (χ3v) is 6.01. The van der Waals surface area contributed by atoms with Gasteiger partial charge in [0, 0.05) is 25.6 Å². The summed E-state index contributed by atoms with van der Waals surface area (Å²) in [7, 11) is 0. The van der Waals surface area contributed by atoms with Gasteiger partial charge in [-0.1, -0.05) is 35.5 Å². The number of rotatable bonds is 5. The van der Waals surface area contributed by atoms with E-state index in [0.717, 1.165) is 21.2 Å². The zero-order chi connectivity index (χ0) is 24.5. The molecule has 0 spiro atoms. The molecule has 0 aliphatic carbocycles. The molecule has 4 aromatic rings. The first-order chi connectivity index (χ1) is 17.0. The quantitative estimate of drug-likeness (QED) is 0.434. The Kier molecular flexibility index (Phi) is 5.81. The highest BCUT2D eigenvalue weighted by atomic mass is 19.1. The van der Waals surface area contributed by atoms with Gasteiger partial charge in [-0.3, -0.25) is 14.2 Å². The molecule has 1 aliphatic rings. The fraction of sp³-hybridized carbons (Fsp3) is 0.250. The lowest BCUT2D eigenvalue weighted by Gasteiger charge is -2.14. The molecule has 10 nitrogen and oxygen atoms in total. The molecule has 3 heterocycles. The molecule has 1 unspecified atom stereocenters. The zero-order valence-electron chi connectivity index (χ0n) is 18.8. The van der Waals surface area contributed by atoms with Crippen molar-refractivity contribution in [1.29, 1.82) is 0 Å². The van der Waals surface area contributed by atoms with Gasteiger partial charge in [-0.15, -0.1) is 0 Å². The molecule has 1 aliphatic heterocycles. The van der Waals surface area contributed by atoms with Gasteiger partial charge in [0.15, 0.2) is 5.69 Å². The van der Waals surface area contributed by atoms with Crippen molar-refractivity contribution in [2.24, 2.45) is 0 Å². The highest BCUT2D eigenvalue weighted by Crippen LogP contribution is 2.28. The molecule has 5 rings (SSSR count). The number of amides is 1. The van der Waals surface area contributed by atoms with Gasteiger partial charge in [0.1, 0.15) is 5.82 Å². The molecule has 1 atom stereocenters. The number of carbonyl (C=O) groups excluding carboxylic acids is 1. The van der Waals surface area contributed by atoms with Crippen molar-refractivity contribution in [3.8, 4) is 17.2 Å². The Morgan fingerprint density at radius 1 is 1.11 bits per heavy atom. The maximum Gasteiger partial charge on any atom is 0.352 e. The molecule has 2 aromatic heterocycles. The Hall–Kier alpha value is -4.41. The summed E-state index contributed by atoms with van der Waals surface area (Å²) < 4.78 is 20.4. The molecule has 0 N–H and O–H groups in total. The maximum absolute atomic E-state index is 13.4. The number of hydrogen-bond donors (Lipinski definition) is 0. The van der Waals surface area contributed by atoms with Crippen LogP contribution in [-0.2, 0) is 6.54 Å². The summed E-state index contributed by atoms with van der Waals surface area (Å²) in [5.74, 6) is -1.19. The molecular formula is C24H21FN6O4. The number of likely N-dealkylation sites (tertiary alicyclic amines) is 1. The van der Waals surface area contributed by atoms with E-state index in [4.69, 9.17) is 4.52 Å². The number of aromatic nitrogens is 5. The monoisotopic (exact) mass is 476 g/mol. The second kappa shape index (κ2) is 9.09. The molecule has 35 heavy (non-hydrogen) atoms. The van der Waals surface area contributed by atoms with E-state index in [1.54, 1.807) is 11.8 Å². The third-order valence-electron chi connectivity index (χ3n) is 6.01. The van der Waals surface area contributed by atoms with E-state index in [0.29, 0.717) is 13.1 Å². The minimum absolute atomic E-state index is 0.0622. The minimum Gasteiger partial charge on any atom is -0.334 e. The van der Waals surface area contributed by atoms with Gasteiger partial charge in [-0.25, -0.2) is 9.18 Å². The van der Waals surface area contributed by atoms with Crippen molar-refractivity contribution in [1.82, 2.24) is 29.4 Å². The predicted octanol–water partition coefficient (Wildman–Crippen LogP) is 2.23. The Bertz CT molecular complexity index is 1490. The molecule has 178 valence electrons. The van der Waals surface area contributed by atoms with Crippen LogP contribution >= 0.6 is 0 Å². The molecule has 0 radical (unpaired) electrons. The van der Waals surface area contributed by atoms with E-state index in [2.05, 4.69) is 15.2 Å². The summed E-state index contributed by atoms with van der Waals surface area (Å²) in [6, 6.07) is 15.0. The van der Waals surface area contributed by atoms with Crippen LogP contribution in [0.3, 0.4) is 0 Å². The van der Waals surface area contributed by atoms with Gasteiger partial charge in [0.25, 0.3) is 5.56 Å². The highest BCUT2D eigenvalue weighted by molar-refractivity contribution is 5.90. The maximum atomic E-state index is 13.4. The van der Waals surface area contributed by atoms with Gasteiger partial charge < -0.3 is 9.42 Å². The van der Waals surface area contributed by atoms with Gasteiger partial charge >= 0.3 is 17.5 Å². The van der Waals surface area contributed by atoms with Crippen molar-refractivity contribution in [2.75, 3.05) is 13.1 Å². The fourth-order valence-corrected chi connectivity index (χ4v) is 4.17. The van der Waals surface area contributed by atoms with E-state index < -0.39 is 23.0 Å². The zero-order valence-corrected chi connectivity index (χ0v) is 18.8. The van der Waals surface area contributed by atoms with Crippen molar-refractivity contribution < 1.29 is 13.7 Å².